The summed E-state index contributed by atoms with van der Waals surface area (Å²) >= 11 is 3.58. The summed E-state index contributed by atoms with van der Waals surface area (Å²) in [5.41, 5.74) is 5.93. The number of ether oxygens (including phenoxy) is 2. The van der Waals surface area contributed by atoms with Gasteiger partial charge in [0.05, 0.1) is 28.1 Å². The predicted molar refractivity (Wildman–Crippen MR) is 145 cm³/mol. The highest BCUT2D eigenvalue weighted by atomic mass is 32.2. The molecule has 0 fully saturated rings. The maximum atomic E-state index is 13.7. The molecule has 0 unspecified atom stereocenters. The first-order chi connectivity index (χ1) is 17.5. The molecule has 5 rings (SSSR count). The summed E-state index contributed by atoms with van der Waals surface area (Å²) in [4.78, 5) is 20.8. The van der Waals surface area contributed by atoms with Crippen LogP contribution in [0.3, 0.4) is 0 Å². The first-order valence-corrected chi connectivity index (χ1v) is 13.8. The average molecular weight is 521 g/mol. The number of nitrogens with zero attached hydrogens (tertiary/aromatic N) is 1. The molecule has 0 spiro atoms. The third kappa shape index (κ3) is 4.40. The highest BCUT2D eigenvalue weighted by molar-refractivity contribution is 8.17. The minimum Gasteiger partial charge on any atom is -0.491 e. The Morgan fingerprint density at radius 1 is 1.00 bits per heavy atom. The van der Waals surface area contributed by atoms with Crippen LogP contribution in [0, 0.1) is 5.82 Å². The molecule has 0 bridgehead atoms. The van der Waals surface area contributed by atoms with Crippen molar-refractivity contribution >= 4 is 29.5 Å². The van der Waals surface area contributed by atoms with Gasteiger partial charge < -0.3 is 14.5 Å². The Kier molecular flexibility index (Phi) is 6.81. The first kappa shape index (κ1) is 24.5. The standard InChI is InChI=1S/C28H25FN2O3S2/c1-33-27(32)24-23(17-10-12-30-13-11-17)25(18-4-7-21(29)8-5-18)31-26(24)19-6-9-22-20(14-19)15-28(35-2,36-3)16-34-22/h4-14,31H,15-16H2,1-3H3. The Bertz CT molecular complexity index is 1400. The van der Waals surface area contributed by atoms with Crippen molar-refractivity contribution in [3.05, 3.63) is 83.9 Å². The zero-order valence-electron chi connectivity index (χ0n) is 20.1. The van der Waals surface area contributed by atoms with E-state index in [1.165, 1.54) is 19.2 Å². The summed E-state index contributed by atoms with van der Waals surface area (Å²) in [6.07, 6.45) is 8.40. The van der Waals surface area contributed by atoms with Gasteiger partial charge in [-0.05, 0) is 89.4 Å². The van der Waals surface area contributed by atoms with Crippen molar-refractivity contribution in [3.8, 4) is 39.4 Å². The number of H-pyrrole nitrogens is 1. The number of rotatable bonds is 6. The van der Waals surface area contributed by atoms with Crippen LogP contribution < -0.4 is 4.74 Å². The van der Waals surface area contributed by atoms with Crippen molar-refractivity contribution in [1.29, 1.82) is 0 Å². The van der Waals surface area contributed by atoms with E-state index in [0.29, 0.717) is 29.1 Å². The molecule has 4 aromatic rings. The number of hydrogen-bond acceptors (Lipinski definition) is 6. The molecule has 0 radical (unpaired) electrons. The Balaban J connectivity index is 1.74. The van der Waals surface area contributed by atoms with Gasteiger partial charge in [-0.1, -0.05) is 0 Å². The Morgan fingerprint density at radius 2 is 1.69 bits per heavy atom. The number of thioether (sulfide) groups is 2. The highest BCUT2D eigenvalue weighted by Crippen LogP contribution is 2.46. The number of carbonyl (C=O) groups excluding carboxylic acids is 1. The number of halogens is 1. The second-order valence-electron chi connectivity index (χ2n) is 8.47. The number of aromatic amines is 1. The number of carbonyl (C=O) groups is 1. The van der Waals surface area contributed by atoms with Crippen LogP contribution in [0.25, 0.3) is 33.6 Å². The molecule has 0 atom stereocenters. The summed E-state index contributed by atoms with van der Waals surface area (Å²) in [6, 6.07) is 15.9. The second kappa shape index (κ2) is 10.0. The van der Waals surface area contributed by atoms with Crippen LogP contribution in [0.2, 0.25) is 0 Å². The molecule has 0 saturated heterocycles. The van der Waals surface area contributed by atoms with Crippen molar-refractivity contribution in [2.75, 3.05) is 26.2 Å². The predicted octanol–water partition coefficient (Wildman–Crippen LogP) is 6.69. The van der Waals surface area contributed by atoms with E-state index < -0.39 is 5.97 Å². The topological polar surface area (TPSA) is 64.2 Å². The van der Waals surface area contributed by atoms with Gasteiger partial charge >= 0.3 is 5.97 Å². The number of benzene rings is 2. The van der Waals surface area contributed by atoms with Crippen LogP contribution in [0.4, 0.5) is 4.39 Å². The van der Waals surface area contributed by atoms with Crippen LogP contribution in [-0.4, -0.2) is 46.2 Å². The lowest BCUT2D eigenvalue weighted by molar-refractivity contribution is 0.0602. The van der Waals surface area contributed by atoms with Crippen molar-refractivity contribution in [1.82, 2.24) is 9.97 Å². The lowest BCUT2D eigenvalue weighted by Gasteiger charge is -2.35. The normalized spacial score (nSPS) is 14.1. The summed E-state index contributed by atoms with van der Waals surface area (Å²) in [5.74, 6) is 0.0691. The molecule has 0 saturated carbocycles. The molecule has 1 aliphatic heterocycles. The molecule has 1 aliphatic rings. The van der Waals surface area contributed by atoms with E-state index in [2.05, 4.69) is 28.5 Å². The fourth-order valence-electron chi connectivity index (χ4n) is 4.55. The molecule has 0 amide bonds. The minimum absolute atomic E-state index is 0.0615. The molecule has 5 nitrogen and oxygen atoms in total. The third-order valence-corrected chi connectivity index (χ3v) is 9.50. The van der Waals surface area contributed by atoms with Crippen molar-refractivity contribution in [2.24, 2.45) is 0 Å². The fourth-order valence-corrected chi connectivity index (χ4v) is 6.17. The monoisotopic (exact) mass is 520 g/mol. The average Bonchev–Trinajstić information content (AvgIpc) is 3.33. The highest BCUT2D eigenvalue weighted by Gasteiger charge is 2.35. The molecule has 2 aromatic carbocycles. The largest absolute Gasteiger partial charge is 0.491 e. The van der Waals surface area contributed by atoms with Crippen LogP contribution in [0.1, 0.15) is 15.9 Å². The number of pyridine rings is 1. The van der Waals surface area contributed by atoms with Gasteiger partial charge in [0.25, 0.3) is 0 Å². The molecule has 36 heavy (non-hydrogen) atoms. The maximum absolute atomic E-state index is 13.7. The fraction of sp³-hybridized carbons (Fsp3) is 0.214. The number of nitrogens with one attached hydrogen (secondary N) is 1. The molecule has 1 N–H and O–H groups in total. The molecule has 0 aliphatic carbocycles. The van der Waals surface area contributed by atoms with Crippen molar-refractivity contribution < 1.29 is 18.7 Å². The van der Waals surface area contributed by atoms with Crippen LogP contribution >= 0.6 is 23.5 Å². The van der Waals surface area contributed by atoms with Crippen molar-refractivity contribution in [3.63, 3.8) is 0 Å². The molecule has 2 aromatic heterocycles. The zero-order chi connectivity index (χ0) is 25.3. The third-order valence-electron chi connectivity index (χ3n) is 6.49. The summed E-state index contributed by atoms with van der Waals surface area (Å²) in [6.45, 7) is 0.637. The van der Waals surface area contributed by atoms with Gasteiger partial charge in [-0.15, -0.1) is 23.5 Å². The van der Waals surface area contributed by atoms with Crippen LogP contribution in [0.5, 0.6) is 5.75 Å². The van der Waals surface area contributed by atoms with E-state index >= 15 is 0 Å². The minimum atomic E-state index is -0.460. The van der Waals surface area contributed by atoms with E-state index in [1.54, 1.807) is 48.1 Å². The van der Waals surface area contributed by atoms with Gasteiger partial charge in [-0.3, -0.25) is 4.98 Å². The van der Waals surface area contributed by atoms with E-state index in [4.69, 9.17) is 9.47 Å². The molecular formula is C28H25FN2O3S2. The van der Waals surface area contributed by atoms with Crippen molar-refractivity contribution in [2.45, 2.75) is 10.5 Å². The Morgan fingerprint density at radius 3 is 2.36 bits per heavy atom. The van der Waals surface area contributed by atoms with Gasteiger partial charge in [0.15, 0.2) is 0 Å². The van der Waals surface area contributed by atoms with E-state index in [-0.39, 0.29) is 9.90 Å². The van der Waals surface area contributed by atoms with Gasteiger partial charge in [-0.2, -0.15) is 0 Å². The number of esters is 1. The van der Waals surface area contributed by atoms with Gasteiger partial charge in [-0.25, -0.2) is 9.18 Å². The number of fused-ring (bicyclic) bond motifs is 1. The second-order valence-corrected chi connectivity index (χ2v) is 11.1. The Hall–Kier alpha value is -3.23. The number of methoxy groups -OCH3 is 1. The molecule has 184 valence electrons. The lowest BCUT2D eigenvalue weighted by Crippen LogP contribution is -2.34. The van der Waals surface area contributed by atoms with Gasteiger partial charge in [0.2, 0.25) is 0 Å². The number of hydrogen-bond donors (Lipinski definition) is 1. The molecular weight excluding hydrogens is 495 g/mol. The SMILES string of the molecule is COC(=O)c1c(-c2ccc3c(c2)CC(SC)(SC)CO3)[nH]c(-c2ccc(F)cc2)c1-c1ccncc1. The van der Waals surface area contributed by atoms with E-state index in [0.717, 1.165) is 34.4 Å². The smallest absolute Gasteiger partial charge is 0.340 e. The maximum Gasteiger partial charge on any atom is 0.340 e. The Labute approximate surface area is 217 Å². The zero-order valence-corrected chi connectivity index (χ0v) is 21.8. The lowest BCUT2D eigenvalue weighted by atomic mass is 9.95. The molecule has 3 heterocycles. The summed E-state index contributed by atoms with van der Waals surface area (Å²) in [5, 5.41) is 0. The summed E-state index contributed by atoms with van der Waals surface area (Å²) < 4.78 is 25.0. The molecule has 8 heteroatoms. The van der Waals surface area contributed by atoms with Gasteiger partial charge in [0, 0.05) is 24.4 Å². The summed E-state index contributed by atoms with van der Waals surface area (Å²) in [7, 11) is 1.37. The van der Waals surface area contributed by atoms with Gasteiger partial charge in [0.1, 0.15) is 18.2 Å². The van der Waals surface area contributed by atoms with E-state index in [9.17, 15) is 9.18 Å². The van der Waals surface area contributed by atoms with Crippen LogP contribution in [-0.2, 0) is 11.2 Å². The number of aromatic nitrogens is 2. The first-order valence-electron chi connectivity index (χ1n) is 11.4. The van der Waals surface area contributed by atoms with E-state index in [1.807, 2.05) is 24.3 Å². The quantitative estimate of drug-likeness (QED) is 0.226. The van der Waals surface area contributed by atoms with Crippen LogP contribution in [0.15, 0.2) is 67.0 Å².